The molecule has 1 rings (SSSR count). The molecule has 1 aliphatic heterocycles. The van der Waals surface area contributed by atoms with Gasteiger partial charge in [-0.3, -0.25) is 0 Å². The lowest BCUT2D eigenvalue weighted by molar-refractivity contribution is -0.516. The fourth-order valence-electron chi connectivity index (χ4n) is 2.90. The van der Waals surface area contributed by atoms with Crippen LogP contribution in [0.4, 0.5) is 0 Å². The Labute approximate surface area is 115 Å². The van der Waals surface area contributed by atoms with Crippen molar-refractivity contribution < 1.29 is 4.58 Å². The Morgan fingerprint density at radius 1 is 0.889 bits per heavy atom. The first kappa shape index (κ1) is 15.7. The second-order valence-electron chi connectivity index (χ2n) is 5.97. The van der Waals surface area contributed by atoms with Crippen molar-refractivity contribution in [1.29, 1.82) is 0 Å². The van der Waals surface area contributed by atoms with E-state index in [1.165, 1.54) is 83.7 Å². The van der Waals surface area contributed by atoms with Gasteiger partial charge >= 0.3 is 0 Å². The molecule has 0 N–H and O–H groups in total. The van der Waals surface area contributed by atoms with Crippen LogP contribution in [0, 0.1) is 5.92 Å². The maximum absolute atomic E-state index is 2.56. The lowest BCUT2D eigenvalue weighted by Gasteiger charge is -2.01. The first-order valence-corrected chi connectivity index (χ1v) is 8.45. The molecule has 1 heterocycles. The number of rotatable bonds is 11. The Kier molecular flexibility index (Phi) is 9.24. The summed E-state index contributed by atoms with van der Waals surface area (Å²) in [4.78, 5) is 0. The lowest BCUT2D eigenvalue weighted by atomic mass is 10.1. The van der Waals surface area contributed by atoms with Gasteiger partial charge in [0.1, 0.15) is 19.3 Å². The van der Waals surface area contributed by atoms with Gasteiger partial charge in [-0.15, -0.1) is 0 Å². The monoisotopic (exact) mass is 252 g/mol. The molecule has 0 aliphatic carbocycles. The Hall–Kier alpha value is -0.330. The van der Waals surface area contributed by atoms with E-state index in [0.717, 1.165) is 5.92 Å². The smallest absolute Gasteiger partial charge is 0.143 e. The number of unbranched alkanes of at least 4 members (excludes halogenated alkanes) is 8. The van der Waals surface area contributed by atoms with Crippen LogP contribution in [0.3, 0.4) is 0 Å². The minimum absolute atomic E-state index is 0.878. The molecule has 1 aliphatic rings. The topological polar surface area (TPSA) is 3.01 Å². The van der Waals surface area contributed by atoms with E-state index in [4.69, 9.17) is 0 Å². The summed E-state index contributed by atoms with van der Waals surface area (Å²) < 4.78 is 2.56. The zero-order valence-electron chi connectivity index (χ0n) is 12.8. The molecule has 0 saturated heterocycles. The minimum atomic E-state index is 0.878. The third kappa shape index (κ3) is 7.18. The molecule has 0 aromatic heterocycles. The molecule has 106 valence electrons. The quantitative estimate of drug-likeness (QED) is 0.358. The maximum atomic E-state index is 2.56. The van der Waals surface area contributed by atoms with Crippen molar-refractivity contribution in [2.45, 2.75) is 84.5 Å². The van der Waals surface area contributed by atoms with Crippen LogP contribution in [-0.4, -0.2) is 23.9 Å². The Morgan fingerprint density at radius 2 is 1.50 bits per heavy atom. The van der Waals surface area contributed by atoms with Gasteiger partial charge in [-0.05, 0) is 12.8 Å². The van der Waals surface area contributed by atoms with E-state index in [2.05, 4.69) is 24.6 Å². The average Bonchev–Trinajstić information content (AvgIpc) is 2.85. The Bertz CT molecular complexity index is 220. The summed E-state index contributed by atoms with van der Waals surface area (Å²) in [5, 5.41) is 0. The lowest BCUT2D eigenvalue weighted by Crippen LogP contribution is -2.10. The highest BCUT2D eigenvalue weighted by molar-refractivity contribution is 5.56. The van der Waals surface area contributed by atoms with Crippen LogP contribution in [-0.2, 0) is 0 Å². The van der Waals surface area contributed by atoms with Gasteiger partial charge in [0.15, 0.2) is 0 Å². The van der Waals surface area contributed by atoms with Crippen molar-refractivity contribution in [3.8, 4) is 0 Å². The van der Waals surface area contributed by atoms with Crippen molar-refractivity contribution >= 4 is 6.21 Å². The summed E-state index contributed by atoms with van der Waals surface area (Å²) in [6.45, 7) is 7.23. The molecule has 0 radical (unpaired) electrons. The fraction of sp³-hybridized carbons (Fsp3) is 0.941. The zero-order valence-corrected chi connectivity index (χ0v) is 12.8. The van der Waals surface area contributed by atoms with Crippen LogP contribution in [0.25, 0.3) is 0 Å². The van der Waals surface area contributed by atoms with Gasteiger partial charge in [-0.1, -0.05) is 58.8 Å². The molecular formula is C17H34N+. The molecular weight excluding hydrogens is 218 g/mol. The van der Waals surface area contributed by atoms with Gasteiger partial charge in [0.05, 0.1) is 0 Å². The highest BCUT2D eigenvalue weighted by Gasteiger charge is 2.19. The molecule has 0 aromatic rings. The van der Waals surface area contributed by atoms with Crippen molar-refractivity contribution in [3.63, 3.8) is 0 Å². The molecule has 0 spiro atoms. The first-order valence-electron chi connectivity index (χ1n) is 8.45. The van der Waals surface area contributed by atoms with Crippen LogP contribution >= 0.6 is 0 Å². The van der Waals surface area contributed by atoms with E-state index in [1.807, 2.05) is 0 Å². The van der Waals surface area contributed by atoms with Gasteiger partial charge in [-0.2, -0.15) is 0 Å². The Balaban J connectivity index is 1.84. The largest absolute Gasteiger partial charge is 0.239 e. The number of nitrogens with zero attached hydrogens (tertiary/aromatic N) is 1. The van der Waals surface area contributed by atoms with Gasteiger partial charge in [-0.25, -0.2) is 4.58 Å². The highest BCUT2D eigenvalue weighted by atomic mass is 15.0. The molecule has 1 unspecified atom stereocenters. The van der Waals surface area contributed by atoms with Gasteiger partial charge in [0, 0.05) is 18.8 Å². The normalized spacial score (nSPS) is 19.2. The van der Waals surface area contributed by atoms with Gasteiger partial charge in [0.2, 0.25) is 0 Å². The third-order valence-electron chi connectivity index (χ3n) is 4.28. The second kappa shape index (κ2) is 10.6. The predicted octanol–water partition coefficient (Wildman–Crippen LogP) is 5.03. The molecule has 0 aromatic carbocycles. The van der Waals surface area contributed by atoms with E-state index in [1.54, 1.807) is 0 Å². The number of hydrogen-bond donors (Lipinski definition) is 0. The fourth-order valence-corrected chi connectivity index (χ4v) is 2.90. The van der Waals surface area contributed by atoms with E-state index in [-0.39, 0.29) is 0 Å². The van der Waals surface area contributed by atoms with E-state index in [0.29, 0.717) is 0 Å². The summed E-state index contributed by atoms with van der Waals surface area (Å²) in [5.74, 6) is 0.878. The molecule has 0 amide bonds. The van der Waals surface area contributed by atoms with E-state index < -0.39 is 0 Å². The molecule has 1 nitrogen and oxygen atoms in total. The molecule has 0 fully saturated rings. The van der Waals surface area contributed by atoms with E-state index in [9.17, 15) is 0 Å². The van der Waals surface area contributed by atoms with Crippen LogP contribution in [0.2, 0.25) is 0 Å². The summed E-state index contributed by atoms with van der Waals surface area (Å²) >= 11 is 0. The van der Waals surface area contributed by atoms with Gasteiger partial charge in [0.25, 0.3) is 0 Å². The van der Waals surface area contributed by atoms with Crippen LogP contribution in [0.1, 0.15) is 84.5 Å². The Morgan fingerprint density at radius 3 is 2.06 bits per heavy atom. The molecule has 18 heavy (non-hydrogen) atoms. The van der Waals surface area contributed by atoms with Crippen molar-refractivity contribution in [1.82, 2.24) is 0 Å². The summed E-state index contributed by atoms with van der Waals surface area (Å²) in [6, 6.07) is 0. The SMILES string of the molecule is CCCCCCCCCCC[N+]1=CC(CC)CC1. The van der Waals surface area contributed by atoms with Crippen molar-refractivity contribution in [3.05, 3.63) is 0 Å². The molecule has 0 bridgehead atoms. The number of hydrogen-bond acceptors (Lipinski definition) is 0. The van der Waals surface area contributed by atoms with Crippen LogP contribution in [0.15, 0.2) is 0 Å². The highest BCUT2D eigenvalue weighted by Crippen LogP contribution is 2.13. The molecule has 1 heteroatoms. The third-order valence-corrected chi connectivity index (χ3v) is 4.28. The maximum Gasteiger partial charge on any atom is 0.143 e. The van der Waals surface area contributed by atoms with Gasteiger partial charge < -0.3 is 0 Å². The van der Waals surface area contributed by atoms with Crippen molar-refractivity contribution in [2.75, 3.05) is 13.1 Å². The minimum Gasteiger partial charge on any atom is -0.239 e. The van der Waals surface area contributed by atoms with Crippen LogP contribution < -0.4 is 0 Å². The second-order valence-corrected chi connectivity index (χ2v) is 5.97. The average molecular weight is 252 g/mol. The van der Waals surface area contributed by atoms with Crippen molar-refractivity contribution in [2.24, 2.45) is 5.92 Å². The first-order chi connectivity index (χ1) is 8.86. The summed E-state index contributed by atoms with van der Waals surface area (Å²) in [5.41, 5.74) is 0. The van der Waals surface area contributed by atoms with Crippen LogP contribution in [0.5, 0.6) is 0 Å². The zero-order chi connectivity index (χ0) is 13.1. The van der Waals surface area contributed by atoms with E-state index >= 15 is 0 Å². The predicted molar refractivity (Wildman–Crippen MR) is 81.7 cm³/mol. The summed E-state index contributed by atoms with van der Waals surface area (Å²) in [6.07, 6.45) is 18.2. The standard InChI is InChI=1S/C17H34N/c1-3-5-6-7-8-9-10-11-12-14-18-15-13-17(4-2)16-18/h16-17H,3-15H2,1-2H3/q+1. The molecule has 0 saturated carbocycles. The molecule has 1 atom stereocenters. The summed E-state index contributed by atoms with van der Waals surface area (Å²) in [7, 11) is 0.